The van der Waals surface area contributed by atoms with Crippen LogP contribution in [0.2, 0.25) is 0 Å². The molecule has 0 aliphatic carbocycles. The summed E-state index contributed by atoms with van der Waals surface area (Å²) in [5.41, 5.74) is 0. The van der Waals surface area contributed by atoms with Gasteiger partial charge in [-0.15, -0.1) is 0 Å². The lowest BCUT2D eigenvalue weighted by Crippen LogP contribution is -2.29. The van der Waals surface area contributed by atoms with Gasteiger partial charge in [0.15, 0.2) is 6.10 Å². The van der Waals surface area contributed by atoms with E-state index in [2.05, 4.69) is 67.0 Å². The van der Waals surface area contributed by atoms with Gasteiger partial charge in [-0.1, -0.05) is 145 Å². The smallest absolute Gasteiger partial charge is 0.462 e. The Labute approximate surface area is 322 Å². The molecule has 0 radical (unpaired) electrons. The average molecular weight is 765 g/mol. The molecule has 0 aromatic carbocycles. The van der Waals surface area contributed by atoms with Crippen molar-refractivity contribution in [2.75, 3.05) is 13.2 Å². The Bertz CT molecular complexity index is 1100. The highest BCUT2D eigenvalue weighted by molar-refractivity contribution is 7.46. The number of hydrogen-bond donors (Lipinski definition) is 3. The molecule has 0 unspecified atom stereocenters. The lowest BCUT2D eigenvalue weighted by Gasteiger charge is -2.18. The molecule has 3 N–H and O–H groups in total. The van der Waals surface area contributed by atoms with Crippen LogP contribution < -0.4 is 0 Å². The molecule has 0 amide bonds. The van der Waals surface area contributed by atoms with Crippen LogP contribution >= 0.6 is 7.82 Å². The van der Waals surface area contributed by atoms with Crippen LogP contribution in [0.1, 0.15) is 162 Å². The van der Waals surface area contributed by atoms with Crippen molar-refractivity contribution in [1.29, 1.82) is 0 Å². The number of carbonyl (C=O) groups excluding carboxylic acids is 2. The second-order valence-electron chi connectivity index (χ2n) is 13.5. The van der Waals surface area contributed by atoms with E-state index in [1.54, 1.807) is 12.2 Å². The Balaban J connectivity index is 4.16. The van der Waals surface area contributed by atoms with Crippen LogP contribution in [-0.4, -0.2) is 52.3 Å². The van der Waals surface area contributed by atoms with Gasteiger partial charge in [-0.3, -0.25) is 14.1 Å². The standard InChI is InChI=1S/C43H73O9P/c1-3-5-7-9-11-13-15-17-18-19-20-22-24-26-28-30-32-36-43(46)52-41(39-51-53(47,48)49)38-50-42(45)37-33-35-40(44)34-31-29-27-25-23-21-16-14-12-10-8-6-4-2/h11-14,17-18,21,23,27,29,31,34,40-41,44H,3-10,15-16,19-20,22,24-26,28,30,32-33,35-39H2,1-2H3,(H2,47,48,49)/b13-11-,14-12-,18-17-,23-21-,29-27-,34-31+/t40-,41-/m1/s1. The molecular weight excluding hydrogens is 691 g/mol. The first-order chi connectivity index (χ1) is 25.7. The summed E-state index contributed by atoms with van der Waals surface area (Å²) in [4.78, 5) is 42.8. The number of unbranched alkanes of at least 4 members (excludes halogenated alkanes) is 13. The summed E-state index contributed by atoms with van der Waals surface area (Å²) in [6.07, 6.45) is 45.0. The molecule has 0 aliphatic heterocycles. The van der Waals surface area contributed by atoms with E-state index in [0.717, 1.165) is 57.8 Å². The van der Waals surface area contributed by atoms with Crippen LogP contribution in [0.3, 0.4) is 0 Å². The van der Waals surface area contributed by atoms with E-state index in [1.807, 2.05) is 12.2 Å². The van der Waals surface area contributed by atoms with Crippen molar-refractivity contribution in [3.8, 4) is 0 Å². The summed E-state index contributed by atoms with van der Waals surface area (Å²) in [6, 6.07) is 0. The normalized spacial score (nSPS) is 13.8. The quantitative estimate of drug-likeness (QED) is 0.0187. The topological polar surface area (TPSA) is 140 Å². The largest absolute Gasteiger partial charge is 0.469 e. The van der Waals surface area contributed by atoms with Crippen molar-refractivity contribution in [3.05, 3.63) is 72.9 Å². The van der Waals surface area contributed by atoms with Crippen LogP contribution in [0.25, 0.3) is 0 Å². The number of hydrogen-bond acceptors (Lipinski definition) is 7. The number of allylic oxidation sites excluding steroid dienone is 11. The third-order valence-corrected chi connectivity index (χ3v) is 8.79. The zero-order valence-corrected chi connectivity index (χ0v) is 33.9. The van der Waals surface area contributed by atoms with Gasteiger partial charge in [0.2, 0.25) is 0 Å². The lowest BCUT2D eigenvalue weighted by molar-refractivity contribution is -0.161. The van der Waals surface area contributed by atoms with E-state index < -0.39 is 38.6 Å². The van der Waals surface area contributed by atoms with Crippen LogP contribution in [-0.2, 0) is 28.2 Å². The van der Waals surface area contributed by atoms with Gasteiger partial charge in [-0.05, 0) is 77.0 Å². The summed E-state index contributed by atoms with van der Waals surface area (Å²) in [5.74, 6) is -1.10. The SMILES string of the molecule is CCCCC/C=C\C/C=C\C/C=C\C=C\[C@@H](O)CCCC(=O)OC[C@H](COP(=O)(O)O)OC(=O)CCCCCCCCC/C=C\C/C=C\CCCCC. The second-order valence-corrected chi connectivity index (χ2v) is 14.7. The molecule has 0 saturated heterocycles. The van der Waals surface area contributed by atoms with Gasteiger partial charge in [-0.2, -0.15) is 0 Å². The molecule has 0 heterocycles. The van der Waals surface area contributed by atoms with Crippen LogP contribution in [0.4, 0.5) is 0 Å². The fourth-order valence-electron chi connectivity index (χ4n) is 5.21. The van der Waals surface area contributed by atoms with Crippen LogP contribution in [0, 0.1) is 0 Å². The van der Waals surface area contributed by atoms with Crippen molar-refractivity contribution in [1.82, 2.24) is 0 Å². The molecule has 0 fully saturated rings. The molecule has 304 valence electrons. The molecule has 2 atom stereocenters. The maximum atomic E-state index is 12.4. The Morgan fingerprint density at radius 2 is 1.08 bits per heavy atom. The van der Waals surface area contributed by atoms with E-state index in [1.165, 1.54) is 57.8 Å². The number of phosphoric acid groups is 1. The molecule has 0 rings (SSSR count). The molecule has 0 aromatic rings. The van der Waals surface area contributed by atoms with Gasteiger partial charge in [0, 0.05) is 12.8 Å². The van der Waals surface area contributed by atoms with Crippen molar-refractivity contribution in [2.45, 2.75) is 174 Å². The van der Waals surface area contributed by atoms with Crippen molar-refractivity contribution >= 4 is 19.8 Å². The van der Waals surface area contributed by atoms with Gasteiger partial charge in [0.05, 0.1) is 12.7 Å². The van der Waals surface area contributed by atoms with Crippen LogP contribution in [0.5, 0.6) is 0 Å². The van der Waals surface area contributed by atoms with E-state index in [4.69, 9.17) is 19.3 Å². The highest BCUT2D eigenvalue weighted by Crippen LogP contribution is 2.36. The highest BCUT2D eigenvalue weighted by atomic mass is 31.2. The number of ether oxygens (including phenoxy) is 2. The van der Waals surface area contributed by atoms with E-state index >= 15 is 0 Å². The molecule has 0 aliphatic rings. The van der Waals surface area contributed by atoms with E-state index in [-0.39, 0.29) is 19.4 Å². The van der Waals surface area contributed by atoms with Gasteiger partial charge < -0.3 is 24.4 Å². The summed E-state index contributed by atoms with van der Waals surface area (Å²) in [5, 5.41) is 10.2. The molecule has 53 heavy (non-hydrogen) atoms. The molecule has 0 bridgehead atoms. The summed E-state index contributed by atoms with van der Waals surface area (Å²) in [7, 11) is -4.80. The Morgan fingerprint density at radius 3 is 1.64 bits per heavy atom. The molecule has 0 saturated carbocycles. The summed E-state index contributed by atoms with van der Waals surface area (Å²) in [6.45, 7) is 3.44. The van der Waals surface area contributed by atoms with E-state index in [9.17, 15) is 19.3 Å². The lowest BCUT2D eigenvalue weighted by atomic mass is 10.1. The molecular formula is C43H73O9P. The van der Waals surface area contributed by atoms with Crippen molar-refractivity contribution < 1.29 is 43.0 Å². The van der Waals surface area contributed by atoms with Crippen LogP contribution in [0.15, 0.2) is 72.9 Å². The minimum absolute atomic E-state index is 0.0339. The first kappa shape index (κ1) is 50.5. The average Bonchev–Trinajstić information content (AvgIpc) is 3.12. The van der Waals surface area contributed by atoms with E-state index in [0.29, 0.717) is 19.3 Å². The zero-order chi connectivity index (χ0) is 39.1. The highest BCUT2D eigenvalue weighted by Gasteiger charge is 2.23. The molecule has 9 nitrogen and oxygen atoms in total. The third kappa shape index (κ3) is 40.5. The predicted molar refractivity (Wildman–Crippen MR) is 217 cm³/mol. The third-order valence-electron chi connectivity index (χ3n) is 8.30. The minimum Gasteiger partial charge on any atom is -0.462 e. The van der Waals surface area contributed by atoms with Gasteiger partial charge in [0.1, 0.15) is 6.61 Å². The fraction of sp³-hybridized carbons (Fsp3) is 0.674. The van der Waals surface area contributed by atoms with Crippen molar-refractivity contribution in [2.24, 2.45) is 0 Å². The second kappa shape index (κ2) is 37.8. The molecule has 10 heteroatoms. The molecule has 0 aromatic heterocycles. The van der Waals surface area contributed by atoms with Crippen molar-refractivity contribution in [3.63, 3.8) is 0 Å². The maximum absolute atomic E-state index is 12.4. The molecule has 0 spiro atoms. The first-order valence-electron chi connectivity index (χ1n) is 20.3. The van der Waals surface area contributed by atoms with Gasteiger partial charge >= 0.3 is 19.8 Å². The number of rotatable bonds is 36. The number of aliphatic hydroxyl groups excluding tert-OH is 1. The van der Waals surface area contributed by atoms with Gasteiger partial charge in [0.25, 0.3) is 0 Å². The predicted octanol–water partition coefficient (Wildman–Crippen LogP) is 11.3. The number of phosphoric ester groups is 1. The zero-order valence-electron chi connectivity index (χ0n) is 33.0. The summed E-state index contributed by atoms with van der Waals surface area (Å²) >= 11 is 0. The minimum atomic E-state index is -4.80. The Kier molecular flexibility index (Phi) is 35.9. The number of carbonyl (C=O) groups is 2. The Morgan fingerprint density at radius 1 is 0.585 bits per heavy atom. The van der Waals surface area contributed by atoms with Gasteiger partial charge in [-0.25, -0.2) is 4.57 Å². The maximum Gasteiger partial charge on any atom is 0.469 e. The number of aliphatic hydroxyl groups is 1. The summed E-state index contributed by atoms with van der Waals surface area (Å²) < 4.78 is 26.2. The fourth-order valence-corrected chi connectivity index (χ4v) is 5.57. The monoisotopic (exact) mass is 764 g/mol. The Hall–Kier alpha value is -2.55. The number of esters is 2. The first-order valence-corrected chi connectivity index (χ1v) is 21.9.